The van der Waals surface area contributed by atoms with Crippen LogP contribution >= 0.6 is 0 Å². The summed E-state index contributed by atoms with van der Waals surface area (Å²) in [5.41, 5.74) is 5.90. The molecule has 0 spiro atoms. The van der Waals surface area contributed by atoms with Gasteiger partial charge in [0.2, 0.25) is 0 Å². The van der Waals surface area contributed by atoms with Crippen LogP contribution in [0.15, 0.2) is 30.5 Å². The minimum atomic E-state index is 0.123. The molecule has 0 aliphatic rings. The van der Waals surface area contributed by atoms with Gasteiger partial charge in [0.25, 0.3) is 0 Å². The van der Waals surface area contributed by atoms with Crippen molar-refractivity contribution in [2.75, 3.05) is 5.73 Å². The Balaban J connectivity index is 2.52. The van der Waals surface area contributed by atoms with Gasteiger partial charge in [-0.3, -0.25) is 0 Å². The van der Waals surface area contributed by atoms with Crippen LogP contribution in [0.5, 0.6) is 5.75 Å². The first-order valence-electron chi connectivity index (χ1n) is 3.73. The molecule has 0 amide bonds. The van der Waals surface area contributed by atoms with Gasteiger partial charge >= 0.3 is 0 Å². The van der Waals surface area contributed by atoms with Gasteiger partial charge in [0.15, 0.2) is 5.82 Å². The second-order valence-corrected chi connectivity index (χ2v) is 2.55. The first-order chi connectivity index (χ1) is 6.27. The SMILES string of the molecule is Nc1cnn(-c2ccccc2O)n1. The highest BCUT2D eigenvalue weighted by molar-refractivity contribution is 5.44. The Morgan fingerprint density at radius 2 is 2.08 bits per heavy atom. The summed E-state index contributed by atoms with van der Waals surface area (Å²) in [4.78, 5) is 1.28. The number of phenolic OH excluding ortho intramolecular Hbond substituents is 1. The van der Waals surface area contributed by atoms with Gasteiger partial charge in [0.05, 0.1) is 6.20 Å². The molecule has 66 valence electrons. The van der Waals surface area contributed by atoms with Crippen molar-refractivity contribution >= 4 is 5.82 Å². The zero-order valence-electron chi connectivity index (χ0n) is 6.75. The van der Waals surface area contributed by atoms with Gasteiger partial charge in [-0.05, 0) is 12.1 Å². The van der Waals surface area contributed by atoms with Crippen LogP contribution in [0, 0.1) is 0 Å². The van der Waals surface area contributed by atoms with Crippen LogP contribution in [0.25, 0.3) is 5.69 Å². The van der Waals surface area contributed by atoms with Crippen molar-refractivity contribution in [3.63, 3.8) is 0 Å². The van der Waals surface area contributed by atoms with Crippen LogP contribution in [0.4, 0.5) is 5.82 Å². The van der Waals surface area contributed by atoms with Crippen LogP contribution in [0.2, 0.25) is 0 Å². The molecule has 1 aromatic carbocycles. The third-order valence-electron chi connectivity index (χ3n) is 1.61. The molecule has 2 rings (SSSR count). The summed E-state index contributed by atoms with van der Waals surface area (Å²) in [5, 5.41) is 17.2. The zero-order chi connectivity index (χ0) is 9.26. The molecule has 13 heavy (non-hydrogen) atoms. The summed E-state index contributed by atoms with van der Waals surface area (Å²) < 4.78 is 0. The van der Waals surface area contributed by atoms with Crippen LogP contribution in [-0.2, 0) is 0 Å². The molecule has 5 nitrogen and oxygen atoms in total. The van der Waals surface area contributed by atoms with E-state index in [1.165, 1.54) is 11.0 Å². The first kappa shape index (κ1) is 7.60. The minimum Gasteiger partial charge on any atom is -0.506 e. The Morgan fingerprint density at radius 1 is 1.31 bits per heavy atom. The maximum atomic E-state index is 9.43. The Hall–Kier alpha value is -2.04. The number of nitrogen functional groups attached to an aromatic ring is 1. The first-order valence-corrected chi connectivity index (χ1v) is 3.73. The standard InChI is InChI=1S/C8H8N4O/c9-8-5-10-12(11-8)6-3-1-2-4-7(6)13/h1-5,13H,(H2,9,11). The number of rotatable bonds is 1. The highest BCUT2D eigenvalue weighted by atomic mass is 16.3. The van der Waals surface area contributed by atoms with Gasteiger partial charge in [-0.15, -0.1) is 9.90 Å². The van der Waals surface area contributed by atoms with E-state index < -0.39 is 0 Å². The molecule has 0 bridgehead atoms. The lowest BCUT2D eigenvalue weighted by Crippen LogP contribution is -1.99. The number of nitrogens with zero attached hydrogens (tertiary/aromatic N) is 3. The second kappa shape index (κ2) is 2.78. The van der Waals surface area contributed by atoms with Crippen LogP contribution < -0.4 is 5.73 Å². The minimum absolute atomic E-state index is 0.123. The number of hydrogen-bond acceptors (Lipinski definition) is 4. The average molecular weight is 176 g/mol. The molecule has 0 aliphatic heterocycles. The number of para-hydroxylation sites is 2. The fraction of sp³-hybridized carbons (Fsp3) is 0. The van der Waals surface area contributed by atoms with Crippen molar-refractivity contribution in [1.29, 1.82) is 0 Å². The van der Waals surface area contributed by atoms with Gasteiger partial charge in [-0.25, -0.2) is 0 Å². The van der Waals surface area contributed by atoms with E-state index >= 15 is 0 Å². The predicted molar refractivity (Wildman–Crippen MR) is 47.4 cm³/mol. The van der Waals surface area contributed by atoms with Gasteiger partial charge < -0.3 is 10.8 Å². The van der Waals surface area contributed by atoms with E-state index in [1.54, 1.807) is 24.3 Å². The molecule has 0 saturated heterocycles. The van der Waals surface area contributed by atoms with Crippen LogP contribution in [0.1, 0.15) is 0 Å². The Labute approximate surface area is 74.4 Å². The molecule has 0 fully saturated rings. The van der Waals surface area contributed by atoms with Gasteiger partial charge in [0, 0.05) is 0 Å². The predicted octanol–water partition coefficient (Wildman–Crippen LogP) is 0.555. The number of aromatic nitrogens is 3. The molecule has 0 radical (unpaired) electrons. The van der Waals surface area contributed by atoms with Crippen molar-refractivity contribution in [3.05, 3.63) is 30.5 Å². The van der Waals surface area contributed by atoms with Crippen LogP contribution in [0.3, 0.4) is 0 Å². The normalized spacial score (nSPS) is 10.2. The van der Waals surface area contributed by atoms with E-state index in [1.807, 2.05) is 0 Å². The lowest BCUT2D eigenvalue weighted by molar-refractivity contribution is 0.467. The zero-order valence-corrected chi connectivity index (χ0v) is 6.75. The molecule has 1 aromatic heterocycles. The van der Waals surface area contributed by atoms with E-state index in [0.29, 0.717) is 11.5 Å². The van der Waals surface area contributed by atoms with Crippen LogP contribution in [-0.4, -0.2) is 20.1 Å². The van der Waals surface area contributed by atoms with E-state index in [-0.39, 0.29) is 5.75 Å². The Kier molecular flexibility index (Phi) is 1.63. The summed E-state index contributed by atoms with van der Waals surface area (Å²) in [7, 11) is 0. The van der Waals surface area contributed by atoms with Crippen molar-refractivity contribution in [3.8, 4) is 11.4 Å². The monoisotopic (exact) mass is 176 g/mol. The van der Waals surface area contributed by atoms with E-state index in [4.69, 9.17) is 5.73 Å². The van der Waals surface area contributed by atoms with Gasteiger partial charge in [-0.1, -0.05) is 12.1 Å². The second-order valence-electron chi connectivity index (χ2n) is 2.55. The highest BCUT2D eigenvalue weighted by Crippen LogP contribution is 2.18. The molecule has 0 saturated carbocycles. The van der Waals surface area contributed by atoms with Crippen molar-refractivity contribution in [2.45, 2.75) is 0 Å². The maximum Gasteiger partial charge on any atom is 0.166 e. The molecule has 5 heteroatoms. The molecular weight excluding hydrogens is 168 g/mol. The molecule has 2 aromatic rings. The third-order valence-corrected chi connectivity index (χ3v) is 1.61. The number of nitrogens with two attached hydrogens (primary N) is 1. The summed E-state index contributed by atoms with van der Waals surface area (Å²) in [6, 6.07) is 6.78. The van der Waals surface area contributed by atoms with Gasteiger partial charge in [0.1, 0.15) is 11.4 Å². The van der Waals surface area contributed by atoms with Crippen molar-refractivity contribution in [1.82, 2.24) is 15.0 Å². The molecule has 0 unspecified atom stereocenters. The Bertz CT molecular complexity index is 424. The smallest absolute Gasteiger partial charge is 0.166 e. The van der Waals surface area contributed by atoms with Gasteiger partial charge in [-0.2, -0.15) is 5.10 Å². The largest absolute Gasteiger partial charge is 0.506 e. The lowest BCUT2D eigenvalue weighted by atomic mass is 10.3. The number of aromatic hydroxyl groups is 1. The van der Waals surface area contributed by atoms with E-state index in [0.717, 1.165) is 0 Å². The number of anilines is 1. The van der Waals surface area contributed by atoms with E-state index in [9.17, 15) is 5.11 Å². The summed E-state index contributed by atoms with van der Waals surface area (Å²) in [6.45, 7) is 0. The molecule has 0 aliphatic carbocycles. The quantitative estimate of drug-likeness (QED) is 0.665. The van der Waals surface area contributed by atoms with E-state index in [2.05, 4.69) is 10.2 Å². The highest BCUT2D eigenvalue weighted by Gasteiger charge is 2.03. The summed E-state index contributed by atoms with van der Waals surface area (Å²) in [5.74, 6) is 0.446. The fourth-order valence-electron chi connectivity index (χ4n) is 1.02. The topological polar surface area (TPSA) is 77.0 Å². The number of phenols is 1. The third kappa shape index (κ3) is 1.31. The maximum absolute atomic E-state index is 9.43. The number of benzene rings is 1. The van der Waals surface area contributed by atoms with Crippen molar-refractivity contribution < 1.29 is 5.11 Å². The fourth-order valence-corrected chi connectivity index (χ4v) is 1.02. The lowest BCUT2D eigenvalue weighted by Gasteiger charge is -2.00. The molecule has 3 N–H and O–H groups in total. The number of hydrogen-bond donors (Lipinski definition) is 2. The summed E-state index contributed by atoms with van der Waals surface area (Å²) in [6.07, 6.45) is 1.42. The van der Waals surface area contributed by atoms with Crippen molar-refractivity contribution in [2.24, 2.45) is 0 Å². The average Bonchev–Trinajstić information content (AvgIpc) is 2.53. The summed E-state index contributed by atoms with van der Waals surface area (Å²) >= 11 is 0. The molecule has 0 atom stereocenters. The Morgan fingerprint density at radius 3 is 2.69 bits per heavy atom. The molecular formula is C8H8N4O. The molecule has 1 heterocycles.